The minimum absolute atomic E-state index is 0.198. The van der Waals surface area contributed by atoms with E-state index in [-0.39, 0.29) is 10.3 Å². The molecule has 0 amide bonds. The maximum absolute atomic E-state index is 12.7. The summed E-state index contributed by atoms with van der Waals surface area (Å²) in [7, 11) is -1.97. The fourth-order valence-corrected chi connectivity index (χ4v) is 4.18. The van der Waals surface area contributed by atoms with Crippen LogP contribution < -0.4 is 10.5 Å². The van der Waals surface area contributed by atoms with Crippen molar-refractivity contribution in [2.45, 2.75) is 38.0 Å². The van der Waals surface area contributed by atoms with E-state index in [4.69, 9.17) is 10.5 Å². The van der Waals surface area contributed by atoms with E-state index in [2.05, 4.69) is 13.8 Å². The van der Waals surface area contributed by atoms with Crippen molar-refractivity contribution < 1.29 is 13.2 Å². The Bertz CT molecular complexity index is 611. The van der Waals surface area contributed by atoms with Crippen molar-refractivity contribution in [2.24, 2.45) is 5.41 Å². The van der Waals surface area contributed by atoms with E-state index in [9.17, 15) is 8.42 Å². The summed E-state index contributed by atoms with van der Waals surface area (Å²) >= 11 is 0. The van der Waals surface area contributed by atoms with Crippen LogP contribution in [0, 0.1) is 5.41 Å². The SMILES string of the molecule is COc1ccc(S(=O)(=O)N2CCCC(C)(C)CC2)cc1N. The molecule has 2 N–H and O–H groups in total. The molecule has 1 fully saturated rings. The van der Waals surface area contributed by atoms with Crippen LogP contribution in [-0.2, 0) is 10.0 Å². The van der Waals surface area contributed by atoms with E-state index < -0.39 is 10.0 Å². The number of anilines is 1. The van der Waals surface area contributed by atoms with Gasteiger partial charge in [-0.1, -0.05) is 13.8 Å². The molecule has 0 radical (unpaired) electrons. The lowest BCUT2D eigenvalue weighted by molar-refractivity contribution is 0.315. The Hall–Kier alpha value is -1.27. The van der Waals surface area contributed by atoms with E-state index in [0.717, 1.165) is 19.3 Å². The number of benzene rings is 1. The van der Waals surface area contributed by atoms with Gasteiger partial charge < -0.3 is 10.5 Å². The van der Waals surface area contributed by atoms with Crippen LogP contribution in [0.25, 0.3) is 0 Å². The Labute approximate surface area is 127 Å². The number of hydrogen-bond donors (Lipinski definition) is 1. The van der Waals surface area contributed by atoms with Gasteiger partial charge in [0.1, 0.15) is 5.75 Å². The number of ether oxygens (including phenoxy) is 1. The van der Waals surface area contributed by atoms with Gasteiger partial charge >= 0.3 is 0 Å². The van der Waals surface area contributed by atoms with Gasteiger partial charge in [0.2, 0.25) is 10.0 Å². The molecule has 0 aliphatic carbocycles. The van der Waals surface area contributed by atoms with Crippen LogP contribution in [0.15, 0.2) is 23.1 Å². The fourth-order valence-electron chi connectivity index (χ4n) is 2.66. The summed E-state index contributed by atoms with van der Waals surface area (Å²) in [6.45, 7) is 5.50. The minimum Gasteiger partial charge on any atom is -0.495 e. The average molecular weight is 312 g/mol. The van der Waals surface area contributed by atoms with E-state index in [0.29, 0.717) is 24.5 Å². The van der Waals surface area contributed by atoms with Gasteiger partial charge in [-0.25, -0.2) is 8.42 Å². The second-order valence-corrected chi connectivity index (χ2v) is 8.26. The molecule has 0 bridgehead atoms. The number of hydrogen-bond acceptors (Lipinski definition) is 4. The van der Waals surface area contributed by atoms with Crippen molar-refractivity contribution in [3.63, 3.8) is 0 Å². The number of nitrogens with two attached hydrogens (primary N) is 1. The molecule has 2 rings (SSSR count). The van der Waals surface area contributed by atoms with E-state index in [1.165, 1.54) is 13.2 Å². The second-order valence-electron chi connectivity index (χ2n) is 6.33. The lowest BCUT2D eigenvalue weighted by atomic mass is 9.85. The number of nitrogens with zero attached hydrogens (tertiary/aromatic N) is 1. The van der Waals surface area contributed by atoms with Gasteiger partial charge in [-0.15, -0.1) is 0 Å². The molecule has 1 aromatic rings. The Kier molecular flexibility index (Phi) is 4.49. The van der Waals surface area contributed by atoms with Gasteiger partial charge in [0.15, 0.2) is 0 Å². The molecular formula is C15H24N2O3S. The summed E-state index contributed by atoms with van der Waals surface area (Å²) in [6, 6.07) is 4.63. The molecular weight excluding hydrogens is 288 g/mol. The van der Waals surface area contributed by atoms with E-state index in [1.54, 1.807) is 16.4 Å². The van der Waals surface area contributed by atoms with Crippen LogP contribution in [0.1, 0.15) is 33.1 Å². The smallest absolute Gasteiger partial charge is 0.243 e. The molecule has 0 unspecified atom stereocenters. The van der Waals surface area contributed by atoms with Crippen molar-refractivity contribution in [3.05, 3.63) is 18.2 Å². The maximum atomic E-state index is 12.7. The van der Waals surface area contributed by atoms with Crippen LogP contribution in [0.3, 0.4) is 0 Å². The highest BCUT2D eigenvalue weighted by molar-refractivity contribution is 7.89. The quantitative estimate of drug-likeness (QED) is 0.870. The third-order valence-electron chi connectivity index (χ3n) is 4.14. The molecule has 1 heterocycles. The lowest BCUT2D eigenvalue weighted by Crippen LogP contribution is -2.32. The summed E-state index contributed by atoms with van der Waals surface area (Å²) in [4.78, 5) is 0.237. The zero-order valence-corrected chi connectivity index (χ0v) is 13.7. The van der Waals surface area contributed by atoms with Crippen LogP contribution >= 0.6 is 0 Å². The topological polar surface area (TPSA) is 72.6 Å². The highest BCUT2D eigenvalue weighted by atomic mass is 32.2. The molecule has 5 nitrogen and oxygen atoms in total. The predicted octanol–water partition coefficient (Wildman–Crippen LogP) is 2.48. The number of methoxy groups -OCH3 is 1. The van der Waals surface area contributed by atoms with Gasteiger partial charge in [0, 0.05) is 13.1 Å². The zero-order valence-electron chi connectivity index (χ0n) is 12.9. The molecule has 1 saturated heterocycles. The normalized spacial score (nSPS) is 20.0. The lowest BCUT2D eigenvalue weighted by Gasteiger charge is -2.23. The number of rotatable bonds is 3. The summed E-state index contributed by atoms with van der Waals surface area (Å²) in [5.74, 6) is 0.492. The first-order valence-corrected chi connectivity index (χ1v) is 8.64. The van der Waals surface area contributed by atoms with E-state index >= 15 is 0 Å². The Balaban J connectivity index is 2.27. The number of sulfonamides is 1. The van der Waals surface area contributed by atoms with Crippen molar-refractivity contribution in [2.75, 3.05) is 25.9 Å². The summed E-state index contributed by atoms with van der Waals surface area (Å²) < 4.78 is 32.1. The van der Waals surface area contributed by atoms with Crippen LogP contribution in [0.5, 0.6) is 5.75 Å². The Morgan fingerprint density at radius 3 is 2.57 bits per heavy atom. The second kappa shape index (κ2) is 5.85. The highest BCUT2D eigenvalue weighted by Gasteiger charge is 2.30. The van der Waals surface area contributed by atoms with Crippen LogP contribution in [0.2, 0.25) is 0 Å². The van der Waals surface area contributed by atoms with Gasteiger partial charge in [0.05, 0.1) is 17.7 Å². The van der Waals surface area contributed by atoms with Gasteiger partial charge in [0.25, 0.3) is 0 Å². The largest absolute Gasteiger partial charge is 0.495 e. The summed E-state index contributed by atoms with van der Waals surface area (Å²) in [5.41, 5.74) is 6.36. The van der Waals surface area contributed by atoms with Crippen molar-refractivity contribution in [1.29, 1.82) is 0 Å². The van der Waals surface area contributed by atoms with Crippen molar-refractivity contribution in [3.8, 4) is 5.75 Å². The predicted molar refractivity (Wildman–Crippen MR) is 83.8 cm³/mol. The average Bonchev–Trinajstić information content (AvgIpc) is 2.60. The van der Waals surface area contributed by atoms with Crippen molar-refractivity contribution in [1.82, 2.24) is 4.31 Å². The summed E-state index contributed by atoms with van der Waals surface area (Å²) in [5, 5.41) is 0. The third kappa shape index (κ3) is 3.49. The highest BCUT2D eigenvalue weighted by Crippen LogP contribution is 2.33. The van der Waals surface area contributed by atoms with E-state index in [1.807, 2.05) is 0 Å². The Morgan fingerprint density at radius 2 is 1.95 bits per heavy atom. The summed E-state index contributed by atoms with van der Waals surface area (Å²) in [6.07, 6.45) is 2.81. The molecule has 6 heteroatoms. The van der Waals surface area contributed by atoms with Crippen molar-refractivity contribution >= 4 is 15.7 Å². The van der Waals surface area contributed by atoms with Crippen LogP contribution in [-0.4, -0.2) is 32.9 Å². The standard InChI is InChI=1S/C15H24N2O3S/c1-15(2)7-4-9-17(10-8-15)21(18,19)12-5-6-14(20-3)13(16)11-12/h5-6,11H,4,7-10,16H2,1-3H3. The first-order valence-electron chi connectivity index (χ1n) is 7.20. The molecule has 1 aliphatic heterocycles. The molecule has 21 heavy (non-hydrogen) atoms. The minimum atomic E-state index is -3.49. The van der Waals surface area contributed by atoms with Gasteiger partial charge in [-0.2, -0.15) is 4.31 Å². The first-order chi connectivity index (χ1) is 9.76. The molecule has 1 aromatic carbocycles. The number of nitrogen functional groups attached to an aromatic ring is 1. The van der Waals surface area contributed by atoms with Gasteiger partial charge in [-0.05, 0) is 42.9 Å². The Morgan fingerprint density at radius 1 is 1.24 bits per heavy atom. The van der Waals surface area contributed by atoms with Crippen LogP contribution in [0.4, 0.5) is 5.69 Å². The third-order valence-corrected chi connectivity index (χ3v) is 6.03. The maximum Gasteiger partial charge on any atom is 0.243 e. The van der Waals surface area contributed by atoms with Gasteiger partial charge in [-0.3, -0.25) is 0 Å². The molecule has 1 aliphatic rings. The molecule has 118 valence electrons. The molecule has 0 atom stereocenters. The molecule has 0 spiro atoms. The molecule has 0 saturated carbocycles. The monoisotopic (exact) mass is 312 g/mol. The first kappa shape index (κ1) is 16.1. The molecule has 0 aromatic heterocycles. The zero-order chi connectivity index (χ0) is 15.7. The fraction of sp³-hybridized carbons (Fsp3) is 0.600.